The summed E-state index contributed by atoms with van der Waals surface area (Å²) in [7, 11) is 2.14. The topological polar surface area (TPSA) is 74.5 Å². The van der Waals surface area contributed by atoms with E-state index in [1.165, 1.54) is 0 Å². The number of nitrogens with two attached hydrogens (primary N) is 1. The van der Waals surface area contributed by atoms with Crippen LogP contribution in [0.15, 0.2) is 18.3 Å². The number of hydrogen-bond acceptors (Lipinski definition) is 6. The van der Waals surface area contributed by atoms with Gasteiger partial charge in [0, 0.05) is 38.9 Å². The predicted molar refractivity (Wildman–Crippen MR) is 96.8 cm³/mol. The highest BCUT2D eigenvalue weighted by atomic mass is 32.2. The predicted octanol–water partition coefficient (Wildman–Crippen LogP) is 0.530. The van der Waals surface area contributed by atoms with Crippen molar-refractivity contribution in [3.8, 4) is 0 Å². The van der Waals surface area contributed by atoms with Crippen molar-refractivity contribution in [2.75, 3.05) is 50.1 Å². The van der Waals surface area contributed by atoms with E-state index in [1.54, 1.807) is 11.8 Å². The largest absolute Gasteiger partial charge is 0.354 e. The van der Waals surface area contributed by atoms with E-state index in [0.29, 0.717) is 13.0 Å². The van der Waals surface area contributed by atoms with Crippen LogP contribution in [0.4, 0.5) is 5.82 Å². The third kappa shape index (κ3) is 5.67. The van der Waals surface area contributed by atoms with Crippen LogP contribution in [0, 0.1) is 0 Å². The van der Waals surface area contributed by atoms with Gasteiger partial charge in [-0.3, -0.25) is 4.79 Å². The maximum Gasteiger partial charge on any atom is 0.237 e. The van der Waals surface area contributed by atoms with Gasteiger partial charge in [0.1, 0.15) is 5.82 Å². The van der Waals surface area contributed by atoms with E-state index < -0.39 is 6.04 Å². The van der Waals surface area contributed by atoms with Crippen molar-refractivity contribution in [1.29, 1.82) is 0 Å². The number of rotatable bonds is 7. The molecule has 0 bridgehead atoms. The Labute approximate surface area is 142 Å². The van der Waals surface area contributed by atoms with Crippen molar-refractivity contribution in [2.24, 2.45) is 5.73 Å². The summed E-state index contributed by atoms with van der Waals surface area (Å²) < 4.78 is 0. The Morgan fingerprint density at radius 3 is 2.87 bits per heavy atom. The van der Waals surface area contributed by atoms with Gasteiger partial charge in [-0.25, -0.2) is 4.98 Å². The lowest BCUT2D eigenvalue weighted by molar-refractivity contribution is -0.122. The number of nitrogens with zero attached hydrogens (tertiary/aromatic N) is 3. The number of carbonyl (C=O) groups is 1. The Hall–Kier alpha value is -1.31. The lowest BCUT2D eigenvalue weighted by Crippen LogP contribution is -2.44. The van der Waals surface area contributed by atoms with Crippen LogP contribution in [0.5, 0.6) is 0 Å². The molecule has 0 aromatic carbocycles. The van der Waals surface area contributed by atoms with Crippen molar-refractivity contribution < 1.29 is 4.79 Å². The molecule has 0 unspecified atom stereocenters. The maximum atomic E-state index is 12.0. The summed E-state index contributed by atoms with van der Waals surface area (Å²) in [5, 5.41) is 2.92. The van der Waals surface area contributed by atoms with Gasteiger partial charge in [-0.1, -0.05) is 0 Å². The van der Waals surface area contributed by atoms with Gasteiger partial charge in [0.25, 0.3) is 0 Å². The zero-order valence-electron chi connectivity index (χ0n) is 14.0. The van der Waals surface area contributed by atoms with Crippen molar-refractivity contribution in [3.05, 3.63) is 23.9 Å². The number of thioether (sulfide) groups is 1. The minimum Gasteiger partial charge on any atom is -0.354 e. The van der Waals surface area contributed by atoms with E-state index in [4.69, 9.17) is 5.73 Å². The lowest BCUT2D eigenvalue weighted by atomic mass is 10.2. The van der Waals surface area contributed by atoms with E-state index in [-0.39, 0.29) is 5.91 Å². The van der Waals surface area contributed by atoms with Crippen LogP contribution in [-0.4, -0.2) is 67.1 Å². The molecule has 0 radical (unpaired) electrons. The smallest absolute Gasteiger partial charge is 0.237 e. The van der Waals surface area contributed by atoms with Crippen molar-refractivity contribution >= 4 is 23.5 Å². The molecule has 2 heterocycles. The molecule has 1 fully saturated rings. The Kier molecular flexibility index (Phi) is 7.14. The molecule has 128 valence electrons. The fourth-order valence-corrected chi connectivity index (χ4v) is 2.96. The highest BCUT2D eigenvalue weighted by Gasteiger charge is 2.16. The number of piperazine rings is 1. The van der Waals surface area contributed by atoms with Crippen LogP contribution in [0.25, 0.3) is 0 Å². The molecule has 0 spiro atoms. The van der Waals surface area contributed by atoms with Gasteiger partial charge in [-0.15, -0.1) is 0 Å². The first-order valence-electron chi connectivity index (χ1n) is 8.01. The zero-order valence-corrected chi connectivity index (χ0v) is 14.8. The van der Waals surface area contributed by atoms with Gasteiger partial charge >= 0.3 is 0 Å². The molecule has 1 saturated heterocycles. The van der Waals surface area contributed by atoms with Crippen LogP contribution in [-0.2, 0) is 11.3 Å². The summed E-state index contributed by atoms with van der Waals surface area (Å²) in [6, 6.07) is 3.56. The molecular formula is C16H27N5OS. The molecule has 1 aromatic heterocycles. The number of anilines is 1. The molecule has 1 aliphatic heterocycles. The first-order chi connectivity index (χ1) is 11.1. The SMILES string of the molecule is CSCC[C@H](N)C(=O)NCc1ccnc(N2CCN(C)CC2)c1. The van der Waals surface area contributed by atoms with Crippen LogP contribution >= 0.6 is 11.8 Å². The minimum atomic E-state index is -0.429. The summed E-state index contributed by atoms with van der Waals surface area (Å²) in [5.74, 6) is 1.80. The molecule has 0 saturated carbocycles. The summed E-state index contributed by atoms with van der Waals surface area (Å²) in [6.07, 6.45) is 4.53. The molecule has 7 heteroatoms. The maximum absolute atomic E-state index is 12.0. The summed E-state index contributed by atoms with van der Waals surface area (Å²) >= 11 is 1.70. The Morgan fingerprint density at radius 1 is 1.43 bits per heavy atom. The van der Waals surface area contributed by atoms with Crippen molar-refractivity contribution in [1.82, 2.24) is 15.2 Å². The van der Waals surface area contributed by atoms with E-state index in [2.05, 4.69) is 33.2 Å². The highest BCUT2D eigenvalue weighted by Crippen LogP contribution is 2.14. The fourth-order valence-electron chi connectivity index (χ4n) is 2.48. The van der Waals surface area contributed by atoms with Gasteiger partial charge in [0.05, 0.1) is 6.04 Å². The van der Waals surface area contributed by atoms with Gasteiger partial charge in [0.15, 0.2) is 0 Å². The standard InChI is InChI=1S/C16H27N5OS/c1-20-6-8-21(9-7-20)15-11-13(3-5-18-15)12-19-16(22)14(17)4-10-23-2/h3,5,11,14H,4,6-10,12,17H2,1-2H3,(H,19,22)/t14-/m0/s1. The Balaban J connectivity index is 1.86. The van der Waals surface area contributed by atoms with E-state index in [1.807, 2.05) is 18.5 Å². The van der Waals surface area contributed by atoms with E-state index in [9.17, 15) is 4.79 Å². The summed E-state index contributed by atoms with van der Waals surface area (Å²) in [6.45, 7) is 4.56. The number of amides is 1. The molecule has 3 N–H and O–H groups in total. The molecule has 2 rings (SSSR count). The van der Waals surface area contributed by atoms with Gasteiger partial charge < -0.3 is 20.9 Å². The molecule has 1 aliphatic rings. The summed E-state index contributed by atoms with van der Waals surface area (Å²) in [5.41, 5.74) is 6.93. The Morgan fingerprint density at radius 2 is 2.17 bits per heavy atom. The molecule has 23 heavy (non-hydrogen) atoms. The number of nitrogens with one attached hydrogen (secondary N) is 1. The van der Waals surface area contributed by atoms with Crippen LogP contribution in [0.2, 0.25) is 0 Å². The van der Waals surface area contributed by atoms with Gasteiger partial charge in [0.2, 0.25) is 5.91 Å². The fraction of sp³-hybridized carbons (Fsp3) is 0.625. The van der Waals surface area contributed by atoms with Crippen LogP contribution < -0.4 is 16.0 Å². The second kappa shape index (κ2) is 9.10. The molecule has 1 atom stereocenters. The molecule has 6 nitrogen and oxygen atoms in total. The third-order valence-corrected chi connectivity index (χ3v) is 4.72. The van der Waals surface area contributed by atoms with Crippen LogP contribution in [0.3, 0.4) is 0 Å². The molecular weight excluding hydrogens is 310 g/mol. The van der Waals surface area contributed by atoms with Crippen molar-refractivity contribution in [3.63, 3.8) is 0 Å². The van der Waals surface area contributed by atoms with Crippen molar-refractivity contribution in [2.45, 2.75) is 19.0 Å². The number of pyridine rings is 1. The average Bonchev–Trinajstić information content (AvgIpc) is 2.58. The first kappa shape index (κ1) is 18.0. The summed E-state index contributed by atoms with van der Waals surface area (Å²) in [4.78, 5) is 21.0. The second-order valence-electron chi connectivity index (χ2n) is 5.92. The van der Waals surface area contributed by atoms with Crippen LogP contribution in [0.1, 0.15) is 12.0 Å². The van der Waals surface area contributed by atoms with E-state index in [0.717, 1.165) is 43.3 Å². The lowest BCUT2D eigenvalue weighted by Gasteiger charge is -2.33. The highest BCUT2D eigenvalue weighted by molar-refractivity contribution is 7.98. The second-order valence-corrected chi connectivity index (χ2v) is 6.90. The monoisotopic (exact) mass is 337 g/mol. The molecule has 1 amide bonds. The van der Waals surface area contributed by atoms with Gasteiger partial charge in [-0.05, 0) is 43.2 Å². The quantitative estimate of drug-likeness (QED) is 0.756. The zero-order chi connectivity index (χ0) is 16.7. The number of hydrogen-bond donors (Lipinski definition) is 2. The molecule has 0 aliphatic carbocycles. The average molecular weight is 337 g/mol. The van der Waals surface area contributed by atoms with E-state index >= 15 is 0 Å². The Bertz CT molecular complexity index is 505. The van der Waals surface area contributed by atoms with Gasteiger partial charge in [-0.2, -0.15) is 11.8 Å². The first-order valence-corrected chi connectivity index (χ1v) is 9.40. The third-order valence-electron chi connectivity index (χ3n) is 4.07. The normalized spacial score (nSPS) is 17.1. The number of aromatic nitrogens is 1. The number of carbonyl (C=O) groups excluding carboxylic acids is 1. The minimum absolute atomic E-state index is 0.0861. The number of likely N-dealkylation sites (N-methyl/N-ethyl adjacent to an activating group) is 1. The molecule has 1 aromatic rings.